The third-order valence-electron chi connectivity index (χ3n) is 6.55. The summed E-state index contributed by atoms with van der Waals surface area (Å²) in [4.78, 5) is 62.3. The normalized spacial score (nSPS) is 12.9. The van der Waals surface area contributed by atoms with Crippen LogP contribution >= 0.6 is 0 Å². The van der Waals surface area contributed by atoms with Gasteiger partial charge in [-0.1, -0.05) is 93.1 Å². The molecule has 3 unspecified atom stereocenters. The standard InChI is InChI=1S/C30H34N4O6/c1-3-19(2)26(34-30(39)40-18-20-9-5-4-6-10-20)27(36)29(38)32-17-25(35)33-24(28(31)37)16-21-13-14-22-11-7-8-12-23(22)15-21/h4-15,19,24,26H,3,16-18H2,1-2H3,(H2,31,37)(H,32,38)(H,33,35)(H,34,39). The van der Waals surface area contributed by atoms with E-state index >= 15 is 0 Å². The van der Waals surface area contributed by atoms with Crippen LogP contribution in [0.25, 0.3) is 10.8 Å². The smallest absolute Gasteiger partial charge is 0.408 e. The van der Waals surface area contributed by atoms with Gasteiger partial charge in [0, 0.05) is 6.42 Å². The second kappa shape index (κ2) is 14.4. The molecule has 10 heteroatoms. The van der Waals surface area contributed by atoms with Crippen LogP contribution in [0.4, 0.5) is 4.79 Å². The van der Waals surface area contributed by atoms with Gasteiger partial charge in [-0.25, -0.2) is 4.79 Å². The number of nitrogens with two attached hydrogens (primary N) is 1. The van der Waals surface area contributed by atoms with Crippen LogP contribution in [0, 0.1) is 5.92 Å². The van der Waals surface area contributed by atoms with Gasteiger partial charge in [0.15, 0.2) is 0 Å². The van der Waals surface area contributed by atoms with Crippen LogP contribution in [0.1, 0.15) is 31.4 Å². The third kappa shape index (κ3) is 8.65. The van der Waals surface area contributed by atoms with Gasteiger partial charge in [-0.3, -0.25) is 19.2 Å². The predicted octanol–water partition coefficient (Wildman–Crippen LogP) is 2.38. The quantitative estimate of drug-likeness (QED) is 0.241. The fourth-order valence-electron chi connectivity index (χ4n) is 4.05. The number of hydrogen-bond donors (Lipinski definition) is 4. The topological polar surface area (TPSA) is 157 Å². The van der Waals surface area contributed by atoms with Crippen LogP contribution in [-0.2, 0) is 36.9 Å². The highest BCUT2D eigenvalue weighted by molar-refractivity contribution is 6.38. The molecular formula is C30H34N4O6. The Hall–Kier alpha value is -4.73. The minimum absolute atomic E-state index is 0.000687. The van der Waals surface area contributed by atoms with Gasteiger partial charge in [0.2, 0.25) is 17.6 Å². The van der Waals surface area contributed by atoms with Crippen molar-refractivity contribution in [2.75, 3.05) is 6.54 Å². The zero-order valence-electron chi connectivity index (χ0n) is 22.5. The van der Waals surface area contributed by atoms with Crippen LogP contribution in [0.2, 0.25) is 0 Å². The molecule has 40 heavy (non-hydrogen) atoms. The Bertz CT molecular complexity index is 1360. The van der Waals surface area contributed by atoms with E-state index in [1.807, 2.05) is 55.5 Å². The van der Waals surface area contributed by atoms with Crippen LogP contribution in [0.5, 0.6) is 0 Å². The molecule has 3 aromatic rings. The van der Waals surface area contributed by atoms with Crippen molar-refractivity contribution in [1.82, 2.24) is 16.0 Å². The number of ether oxygens (including phenoxy) is 1. The lowest BCUT2D eigenvalue weighted by atomic mass is 9.95. The molecule has 3 rings (SSSR count). The van der Waals surface area contributed by atoms with Gasteiger partial charge in [-0.05, 0) is 27.8 Å². The fourth-order valence-corrected chi connectivity index (χ4v) is 4.05. The number of primary amides is 1. The number of carbonyl (C=O) groups is 5. The molecule has 0 saturated heterocycles. The number of benzene rings is 3. The number of fused-ring (bicyclic) bond motifs is 1. The van der Waals surface area contributed by atoms with E-state index in [4.69, 9.17) is 10.5 Å². The zero-order chi connectivity index (χ0) is 29.1. The number of ketones is 1. The lowest BCUT2D eigenvalue weighted by Crippen LogP contribution is -2.53. The van der Waals surface area contributed by atoms with Crippen molar-refractivity contribution in [1.29, 1.82) is 0 Å². The number of hydrogen-bond acceptors (Lipinski definition) is 6. The van der Waals surface area contributed by atoms with E-state index in [9.17, 15) is 24.0 Å². The van der Waals surface area contributed by atoms with Crippen molar-refractivity contribution in [2.24, 2.45) is 11.7 Å². The Morgan fingerprint density at radius 3 is 2.20 bits per heavy atom. The predicted molar refractivity (Wildman–Crippen MR) is 150 cm³/mol. The summed E-state index contributed by atoms with van der Waals surface area (Å²) in [5, 5.41) is 9.24. The molecule has 0 aliphatic rings. The Labute approximate surface area is 232 Å². The number of alkyl carbamates (subject to hydrolysis) is 1. The van der Waals surface area contributed by atoms with Gasteiger partial charge < -0.3 is 26.4 Å². The second-order valence-corrected chi connectivity index (χ2v) is 9.52. The monoisotopic (exact) mass is 546 g/mol. The summed E-state index contributed by atoms with van der Waals surface area (Å²) in [6.45, 7) is 2.97. The van der Waals surface area contributed by atoms with Crippen molar-refractivity contribution >= 4 is 40.4 Å². The largest absolute Gasteiger partial charge is 0.445 e. The first kappa shape index (κ1) is 29.8. The van der Waals surface area contributed by atoms with Gasteiger partial charge in [-0.2, -0.15) is 0 Å². The Balaban J connectivity index is 1.53. The molecule has 0 heterocycles. The number of rotatable bonds is 13. The molecule has 3 aromatic carbocycles. The molecule has 10 nitrogen and oxygen atoms in total. The maximum Gasteiger partial charge on any atom is 0.408 e. The second-order valence-electron chi connectivity index (χ2n) is 9.52. The molecule has 0 aromatic heterocycles. The number of amides is 4. The van der Waals surface area contributed by atoms with E-state index in [-0.39, 0.29) is 18.9 Å². The maximum atomic E-state index is 12.9. The Morgan fingerprint density at radius 1 is 0.850 bits per heavy atom. The van der Waals surface area contributed by atoms with Crippen molar-refractivity contribution < 1.29 is 28.7 Å². The van der Waals surface area contributed by atoms with Crippen molar-refractivity contribution in [2.45, 2.75) is 45.4 Å². The van der Waals surface area contributed by atoms with Gasteiger partial charge in [0.1, 0.15) is 18.7 Å². The van der Waals surface area contributed by atoms with Crippen molar-refractivity contribution in [3.63, 3.8) is 0 Å². The first-order chi connectivity index (χ1) is 19.2. The van der Waals surface area contributed by atoms with Gasteiger partial charge in [-0.15, -0.1) is 0 Å². The zero-order valence-corrected chi connectivity index (χ0v) is 22.5. The van der Waals surface area contributed by atoms with E-state index in [0.717, 1.165) is 21.9 Å². The molecule has 0 fully saturated rings. The summed E-state index contributed by atoms with van der Waals surface area (Å²) in [5.74, 6) is -3.77. The van der Waals surface area contributed by atoms with Gasteiger partial charge >= 0.3 is 6.09 Å². The van der Waals surface area contributed by atoms with Gasteiger partial charge in [0.25, 0.3) is 5.91 Å². The highest BCUT2D eigenvalue weighted by Gasteiger charge is 2.31. The SMILES string of the molecule is CCC(C)C(NC(=O)OCc1ccccc1)C(=O)C(=O)NCC(=O)NC(Cc1ccc2ccccc2c1)C(N)=O. The van der Waals surface area contributed by atoms with E-state index in [0.29, 0.717) is 6.42 Å². The lowest BCUT2D eigenvalue weighted by molar-refractivity contribution is -0.140. The van der Waals surface area contributed by atoms with Crippen LogP contribution in [0.15, 0.2) is 72.8 Å². The molecule has 4 amide bonds. The molecule has 0 aliphatic carbocycles. The van der Waals surface area contributed by atoms with Crippen LogP contribution in [0.3, 0.4) is 0 Å². The average Bonchev–Trinajstić information content (AvgIpc) is 2.96. The number of nitrogens with one attached hydrogen (secondary N) is 3. The summed E-state index contributed by atoms with van der Waals surface area (Å²) in [6, 6.07) is 20.2. The molecule has 0 radical (unpaired) electrons. The Morgan fingerprint density at radius 2 is 1.52 bits per heavy atom. The van der Waals surface area contributed by atoms with Gasteiger partial charge in [0.05, 0.1) is 6.54 Å². The fraction of sp³-hybridized carbons (Fsp3) is 0.300. The number of Topliss-reactive ketones (excluding diaryl/α,β-unsaturated/α-hetero) is 1. The van der Waals surface area contributed by atoms with E-state index in [2.05, 4.69) is 16.0 Å². The third-order valence-corrected chi connectivity index (χ3v) is 6.55. The molecule has 210 valence electrons. The summed E-state index contributed by atoms with van der Waals surface area (Å²) < 4.78 is 5.18. The highest BCUT2D eigenvalue weighted by atomic mass is 16.5. The molecule has 5 N–H and O–H groups in total. The molecule has 0 bridgehead atoms. The summed E-state index contributed by atoms with van der Waals surface area (Å²) in [6.07, 6.45) is -0.187. The van der Waals surface area contributed by atoms with E-state index in [1.165, 1.54) is 0 Å². The molecule has 0 spiro atoms. The van der Waals surface area contributed by atoms with E-state index < -0.39 is 48.2 Å². The molecule has 0 aliphatic heterocycles. The molecule has 3 atom stereocenters. The summed E-state index contributed by atoms with van der Waals surface area (Å²) >= 11 is 0. The van der Waals surface area contributed by atoms with E-state index in [1.54, 1.807) is 31.2 Å². The minimum Gasteiger partial charge on any atom is -0.445 e. The number of carbonyl (C=O) groups excluding carboxylic acids is 5. The molecular weight excluding hydrogens is 512 g/mol. The first-order valence-corrected chi connectivity index (χ1v) is 13.0. The maximum absolute atomic E-state index is 12.9. The van der Waals surface area contributed by atoms with Crippen LogP contribution < -0.4 is 21.7 Å². The average molecular weight is 547 g/mol. The highest BCUT2D eigenvalue weighted by Crippen LogP contribution is 2.17. The minimum atomic E-state index is -1.15. The molecule has 0 saturated carbocycles. The van der Waals surface area contributed by atoms with Crippen LogP contribution in [-0.4, -0.2) is 48.2 Å². The van der Waals surface area contributed by atoms with Crippen molar-refractivity contribution in [3.05, 3.63) is 83.9 Å². The first-order valence-electron chi connectivity index (χ1n) is 13.0. The lowest BCUT2D eigenvalue weighted by Gasteiger charge is -2.22. The summed E-state index contributed by atoms with van der Waals surface area (Å²) in [7, 11) is 0. The Kier molecular flexibility index (Phi) is 10.8. The summed E-state index contributed by atoms with van der Waals surface area (Å²) in [5.41, 5.74) is 7.06. The van der Waals surface area contributed by atoms with Crippen molar-refractivity contribution in [3.8, 4) is 0 Å².